The Bertz CT molecular complexity index is 433. The van der Waals surface area contributed by atoms with Gasteiger partial charge in [-0.3, -0.25) is 4.79 Å². The van der Waals surface area contributed by atoms with E-state index in [4.69, 9.17) is 9.84 Å². The number of ether oxygens (including phenoxy) is 1. The minimum absolute atomic E-state index is 0.0268. The molecule has 116 valence electrons. The number of rotatable bonds is 9. The van der Waals surface area contributed by atoms with Crippen LogP contribution in [0.2, 0.25) is 0 Å². The first-order valence-electron chi connectivity index (χ1n) is 7.30. The average Bonchev–Trinajstić information content (AvgIpc) is 2.48. The molecule has 1 atom stereocenters. The molecule has 1 aromatic carbocycles. The second kappa shape index (κ2) is 9.80. The van der Waals surface area contributed by atoms with E-state index in [1.165, 1.54) is 0 Å². The lowest BCUT2D eigenvalue weighted by molar-refractivity contribution is -0.137. The number of carboxylic acid groups (broad SMARTS) is 1. The van der Waals surface area contributed by atoms with Gasteiger partial charge in [0, 0.05) is 18.9 Å². The maximum Gasteiger partial charge on any atom is 0.407 e. The molecule has 0 spiro atoms. The number of hydrogen-bond acceptors (Lipinski definition) is 3. The van der Waals surface area contributed by atoms with Gasteiger partial charge in [-0.1, -0.05) is 43.7 Å². The summed E-state index contributed by atoms with van der Waals surface area (Å²) in [6.45, 7) is 2.81. The molecule has 5 nitrogen and oxygen atoms in total. The molecular formula is C16H23NO4. The molecule has 0 aliphatic rings. The second-order valence-electron chi connectivity index (χ2n) is 4.91. The molecule has 1 amide bonds. The van der Waals surface area contributed by atoms with E-state index in [-0.39, 0.29) is 12.3 Å². The van der Waals surface area contributed by atoms with Crippen LogP contribution in [-0.4, -0.2) is 30.3 Å². The minimum Gasteiger partial charge on any atom is -0.481 e. The van der Waals surface area contributed by atoms with Crippen LogP contribution in [0.25, 0.3) is 0 Å². The molecule has 0 radical (unpaired) electrons. The minimum atomic E-state index is -0.832. The zero-order valence-corrected chi connectivity index (χ0v) is 12.4. The Morgan fingerprint density at radius 3 is 2.62 bits per heavy atom. The molecule has 0 aliphatic heterocycles. The van der Waals surface area contributed by atoms with Crippen molar-refractivity contribution in [2.24, 2.45) is 0 Å². The highest BCUT2D eigenvalue weighted by molar-refractivity contribution is 5.67. The van der Waals surface area contributed by atoms with Crippen molar-refractivity contribution in [1.82, 2.24) is 5.32 Å². The van der Waals surface area contributed by atoms with Gasteiger partial charge >= 0.3 is 12.1 Å². The van der Waals surface area contributed by atoms with Crippen LogP contribution >= 0.6 is 0 Å². The summed E-state index contributed by atoms with van der Waals surface area (Å²) in [5.41, 5.74) is 1.02. The van der Waals surface area contributed by atoms with E-state index < -0.39 is 12.1 Å². The van der Waals surface area contributed by atoms with Crippen LogP contribution < -0.4 is 5.32 Å². The van der Waals surface area contributed by atoms with Gasteiger partial charge in [-0.05, 0) is 18.4 Å². The van der Waals surface area contributed by atoms with E-state index in [1.54, 1.807) is 0 Å². The summed E-state index contributed by atoms with van der Waals surface area (Å²) in [4.78, 5) is 22.3. The number of amides is 1. The van der Waals surface area contributed by atoms with E-state index >= 15 is 0 Å². The summed E-state index contributed by atoms with van der Waals surface area (Å²) in [7, 11) is 0. The molecule has 0 fully saturated rings. The maximum atomic E-state index is 11.5. The summed E-state index contributed by atoms with van der Waals surface area (Å²) in [6.07, 6.45) is 1.92. The van der Waals surface area contributed by atoms with E-state index in [9.17, 15) is 9.59 Å². The topological polar surface area (TPSA) is 75.6 Å². The van der Waals surface area contributed by atoms with Gasteiger partial charge in [0.1, 0.15) is 0 Å². The predicted molar refractivity (Wildman–Crippen MR) is 80.3 cm³/mol. The number of hydrogen-bond donors (Lipinski definition) is 2. The van der Waals surface area contributed by atoms with Crippen molar-refractivity contribution in [2.45, 2.75) is 38.5 Å². The van der Waals surface area contributed by atoms with Crippen molar-refractivity contribution in [3.8, 4) is 0 Å². The highest BCUT2D eigenvalue weighted by Gasteiger charge is 2.14. The molecule has 0 saturated heterocycles. The van der Waals surface area contributed by atoms with Crippen LogP contribution in [0.5, 0.6) is 0 Å². The molecule has 21 heavy (non-hydrogen) atoms. The number of carbonyl (C=O) groups is 2. The Hall–Kier alpha value is -2.04. The molecule has 0 unspecified atom stereocenters. The lowest BCUT2D eigenvalue weighted by atomic mass is 9.94. The van der Waals surface area contributed by atoms with Crippen molar-refractivity contribution >= 4 is 12.1 Å². The third-order valence-corrected chi connectivity index (χ3v) is 3.20. The van der Waals surface area contributed by atoms with Crippen LogP contribution in [-0.2, 0) is 9.53 Å². The second-order valence-corrected chi connectivity index (χ2v) is 4.91. The van der Waals surface area contributed by atoms with Gasteiger partial charge in [-0.2, -0.15) is 0 Å². The number of unbranched alkanes of at least 4 members (excludes halogenated alkanes) is 1. The fourth-order valence-corrected chi connectivity index (χ4v) is 1.98. The molecule has 0 aliphatic carbocycles. The van der Waals surface area contributed by atoms with Gasteiger partial charge in [-0.15, -0.1) is 0 Å². The third kappa shape index (κ3) is 7.34. The molecule has 2 N–H and O–H groups in total. The van der Waals surface area contributed by atoms with E-state index in [2.05, 4.69) is 5.32 Å². The Morgan fingerprint density at radius 2 is 2.00 bits per heavy atom. The molecule has 0 aromatic heterocycles. The van der Waals surface area contributed by atoms with Gasteiger partial charge in [0.25, 0.3) is 0 Å². The fraction of sp³-hybridized carbons (Fsp3) is 0.500. The van der Waals surface area contributed by atoms with Gasteiger partial charge in [-0.25, -0.2) is 4.79 Å². The number of carboxylic acids is 1. The standard InChI is InChI=1S/C16H23NO4/c1-2-3-11-21-16(20)17-12-14(9-10-15(18)19)13-7-5-4-6-8-13/h4-8,14H,2-3,9-12H2,1H3,(H,17,20)(H,18,19)/t14-/m1/s1. The summed E-state index contributed by atoms with van der Waals surface area (Å²) in [5, 5.41) is 11.5. The predicted octanol–water partition coefficient (Wildman–Crippen LogP) is 3.16. The van der Waals surface area contributed by atoms with E-state index in [0.717, 1.165) is 18.4 Å². The number of benzene rings is 1. The molecule has 1 aromatic rings. The van der Waals surface area contributed by atoms with Crippen LogP contribution in [0.1, 0.15) is 44.1 Å². The maximum absolute atomic E-state index is 11.5. The number of nitrogens with one attached hydrogen (secondary N) is 1. The molecule has 0 saturated carbocycles. The first-order valence-corrected chi connectivity index (χ1v) is 7.30. The SMILES string of the molecule is CCCCOC(=O)NC[C@@H](CCC(=O)O)c1ccccc1. The van der Waals surface area contributed by atoms with Crippen molar-refractivity contribution in [1.29, 1.82) is 0 Å². The number of carbonyl (C=O) groups excluding carboxylic acids is 1. The summed E-state index contributed by atoms with van der Waals surface area (Å²) in [5.74, 6) is -0.859. The van der Waals surface area contributed by atoms with Crippen molar-refractivity contribution in [3.05, 3.63) is 35.9 Å². The highest BCUT2D eigenvalue weighted by Crippen LogP contribution is 2.20. The Morgan fingerprint density at radius 1 is 1.29 bits per heavy atom. The monoisotopic (exact) mass is 293 g/mol. The largest absolute Gasteiger partial charge is 0.481 e. The lowest BCUT2D eigenvalue weighted by Crippen LogP contribution is -2.29. The van der Waals surface area contributed by atoms with Crippen molar-refractivity contribution < 1.29 is 19.4 Å². The third-order valence-electron chi connectivity index (χ3n) is 3.20. The molecule has 0 heterocycles. The van der Waals surface area contributed by atoms with Crippen molar-refractivity contribution in [2.75, 3.05) is 13.2 Å². The van der Waals surface area contributed by atoms with Gasteiger partial charge in [0.05, 0.1) is 6.61 Å². The van der Waals surface area contributed by atoms with Gasteiger partial charge in [0.2, 0.25) is 0 Å². The normalized spacial score (nSPS) is 11.7. The molecule has 0 bridgehead atoms. The average molecular weight is 293 g/mol. The summed E-state index contributed by atoms with van der Waals surface area (Å²) in [6, 6.07) is 9.60. The highest BCUT2D eigenvalue weighted by atomic mass is 16.5. The van der Waals surface area contributed by atoms with Crippen LogP contribution in [0.4, 0.5) is 4.79 Å². The molecule has 1 rings (SSSR count). The summed E-state index contributed by atoms with van der Waals surface area (Å²) < 4.78 is 5.03. The first kappa shape index (κ1) is 17.0. The number of alkyl carbamates (subject to hydrolysis) is 1. The Kier molecular flexibility index (Phi) is 7.94. The number of aliphatic carboxylic acids is 1. The lowest BCUT2D eigenvalue weighted by Gasteiger charge is -2.17. The van der Waals surface area contributed by atoms with E-state index in [1.807, 2.05) is 37.3 Å². The van der Waals surface area contributed by atoms with Gasteiger partial charge < -0.3 is 15.2 Å². The molecule has 5 heteroatoms. The quantitative estimate of drug-likeness (QED) is 0.686. The van der Waals surface area contributed by atoms with E-state index in [0.29, 0.717) is 19.6 Å². The first-order chi connectivity index (χ1) is 10.1. The summed E-state index contributed by atoms with van der Waals surface area (Å²) >= 11 is 0. The molecular weight excluding hydrogens is 270 g/mol. The van der Waals surface area contributed by atoms with Crippen molar-refractivity contribution in [3.63, 3.8) is 0 Å². The van der Waals surface area contributed by atoms with Gasteiger partial charge in [0.15, 0.2) is 0 Å². The Labute approximate surface area is 125 Å². The Balaban J connectivity index is 2.49. The zero-order chi connectivity index (χ0) is 15.5. The zero-order valence-electron chi connectivity index (χ0n) is 12.4. The fourth-order valence-electron chi connectivity index (χ4n) is 1.98. The van der Waals surface area contributed by atoms with Crippen LogP contribution in [0.15, 0.2) is 30.3 Å². The van der Waals surface area contributed by atoms with Crippen LogP contribution in [0.3, 0.4) is 0 Å². The smallest absolute Gasteiger partial charge is 0.407 e. The van der Waals surface area contributed by atoms with Crippen LogP contribution in [0, 0.1) is 0 Å².